The van der Waals surface area contributed by atoms with Crippen LogP contribution < -0.4 is 0 Å². The Morgan fingerprint density at radius 3 is 2.00 bits per heavy atom. The van der Waals surface area contributed by atoms with Crippen molar-refractivity contribution in [1.29, 1.82) is 0 Å². The molecule has 10 heavy (non-hydrogen) atoms. The molecule has 0 radical (unpaired) electrons. The summed E-state index contributed by atoms with van der Waals surface area (Å²) in [5.41, 5.74) is 2.23. The summed E-state index contributed by atoms with van der Waals surface area (Å²) in [6, 6.07) is 0. The van der Waals surface area contributed by atoms with E-state index >= 15 is 0 Å². The third kappa shape index (κ3) is 4.13. The van der Waals surface area contributed by atoms with Gasteiger partial charge in [-0.25, -0.2) is 0 Å². The molecule has 0 atom stereocenters. The first-order chi connectivity index (χ1) is 4.54. The lowest BCUT2D eigenvalue weighted by molar-refractivity contribution is 0.795. The third-order valence-electron chi connectivity index (χ3n) is 1.32. The Morgan fingerprint density at radius 2 is 1.70 bits per heavy atom. The topological polar surface area (TPSA) is 0 Å². The lowest BCUT2D eigenvalue weighted by atomic mass is 10.0. The molecule has 0 aliphatic carbocycles. The van der Waals surface area contributed by atoms with E-state index in [0.29, 0.717) is 5.92 Å². The predicted octanol–water partition coefficient (Wildman–Crippen LogP) is 3.33. The van der Waals surface area contributed by atoms with E-state index in [1.54, 1.807) is 0 Å². The summed E-state index contributed by atoms with van der Waals surface area (Å²) in [4.78, 5) is 0. The van der Waals surface area contributed by atoms with Crippen molar-refractivity contribution in [3.63, 3.8) is 0 Å². The van der Waals surface area contributed by atoms with Crippen molar-refractivity contribution in [2.24, 2.45) is 5.92 Å². The molecule has 56 valence electrons. The highest BCUT2D eigenvalue weighted by atomic mass is 14.0. The van der Waals surface area contributed by atoms with Gasteiger partial charge in [-0.1, -0.05) is 50.3 Å². The van der Waals surface area contributed by atoms with Gasteiger partial charge in [-0.15, -0.1) is 0 Å². The molecule has 0 unspecified atom stereocenters. The molecule has 0 rings (SSSR count). The largest absolute Gasteiger partial charge is 0.0961 e. The second-order valence-corrected chi connectivity index (χ2v) is 2.91. The molecule has 0 N–H and O–H groups in total. The summed E-state index contributed by atoms with van der Waals surface area (Å²) >= 11 is 0. The van der Waals surface area contributed by atoms with E-state index in [0.717, 1.165) is 11.1 Å². The Labute approximate surface area is 64.0 Å². The standard InChI is InChI=1S/C10H16/c1-8(2)6-7-10(5)9(3)4/h6-7,9H,1,5H2,2-4H3/b7-6-. The highest BCUT2D eigenvalue weighted by molar-refractivity contribution is 5.23. The Balaban J connectivity index is 3.90. The maximum Gasteiger partial charge on any atom is -0.0225 e. The molecule has 0 nitrogen and oxygen atoms in total. The first-order valence-corrected chi connectivity index (χ1v) is 3.56. The van der Waals surface area contributed by atoms with Crippen LogP contribution in [0, 0.1) is 5.92 Å². The van der Waals surface area contributed by atoms with Crippen LogP contribution in [0.25, 0.3) is 0 Å². The van der Waals surface area contributed by atoms with Gasteiger partial charge >= 0.3 is 0 Å². The molecule has 0 bridgehead atoms. The van der Waals surface area contributed by atoms with Crippen LogP contribution in [0.15, 0.2) is 36.5 Å². The Kier molecular flexibility index (Phi) is 3.78. The first-order valence-electron chi connectivity index (χ1n) is 3.56. The van der Waals surface area contributed by atoms with Crippen molar-refractivity contribution in [3.8, 4) is 0 Å². The number of hydrogen-bond acceptors (Lipinski definition) is 0. The molecule has 0 amide bonds. The van der Waals surface area contributed by atoms with Crippen LogP contribution in [0.1, 0.15) is 20.8 Å². The highest BCUT2D eigenvalue weighted by Gasteiger charge is 1.92. The summed E-state index contributed by atoms with van der Waals surface area (Å²) in [6.45, 7) is 13.9. The van der Waals surface area contributed by atoms with Crippen LogP contribution in [0.5, 0.6) is 0 Å². The lowest BCUT2D eigenvalue weighted by Crippen LogP contribution is -1.86. The van der Waals surface area contributed by atoms with Gasteiger partial charge in [-0.2, -0.15) is 0 Å². The predicted molar refractivity (Wildman–Crippen MR) is 47.9 cm³/mol. The van der Waals surface area contributed by atoms with E-state index in [-0.39, 0.29) is 0 Å². The lowest BCUT2D eigenvalue weighted by Gasteiger charge is -2.01. The minimum atomic E-state index is 0.538. The van der Waals surface area contributed by atoms with Crippen LogP contribution >= 0.6 is 0 Å². The SMILES string of the molecule is C=C(C)/C=C\C(=C)C(C)C. The van der Waals surface area contributed by atoms with Crippen molar-refractivity contribution < 1.29 is 0 Å². The Morgan fingerprint density at radius 1 is 1.20 bits per heavy atom. The molecule has 0 aromatic carbocycles. The van der Waals surface area contributed by atoms with E-state index in [2.05, 4.69) is 27.0 Å². The summed E-state index contributed by atoms with van der Waals surface area (Å²) < 4.78 is 0. The maximum absolute atomic E-state index is 3.90. The van der Waals surface area contributed by atoms with Gasteiger partial charge in [0.15, 0.2) is 0 Å². The van der Waals surface area contributed by atoms with Gasteiger partial charge < -0.3 is 0 Å². The van der Waals surface area contributed by atoms with Gasteiger partial charge in [-0.3, -0.25) is 0 Å². The average Bonchev–Trinajstić information content (AvgIpc) is 1.82. The van der Waals surface area contributed by atoms with E-state index in [1.807, 2.05) is 19.1 Å². The average molecular weight is 136 g/mol. The zero-order valence-corrected chi connectivity index (χ0v) is 7.15. The van der Waals surface area contributed by atoms with Crippen LogP contribution in [0.4, 0.5) is 0 Å². The molecular formula is C10H16. The summed E-state index contributed by atoms with van der Waals surface area (Å²) in [5, 5.41) is 0. The van der Waals surface area contributed by atoms with E-state index < -0.39 is 0 Å². The monoisotopic (exact) mass is 136 g/mol. The number of rotatable bonds is 3. The van der Waals surface area contributed by atoms with Gasteiger partial charge in [0.2, 0.25) is 0 Å². The minimum Gasteiger partial charge on any atom is -0.0961 e. The number of hydrogen-bond donors (Lipinski definition) is 0. The molecule has 0 saturated heterocycles. The molecule has 0 saturated carbocycles. The van der Waals surface area contributed by atoms with Crippen molar-refractivity contribution >= 4 is 0 Å². The molecular weight excluding hydrogens is 120 g/mol. The molecule has 0 aliphatic heterocycles. The Bertz CT molecular complexity index is 159. The van der Waals surface area contributed by atoms with E-state index in [4.69, 9.17) is 0 Å². The fraction of sp³-hybridized carbons (Fsp3) is 0.400. The van der Waals surface area contributed by atoms with E-state index in [1.165, 1.54) is 0 Å². The molecule has 0 aliphatic rings. The molecule has 0 heterocycles. The van der Waals surface area contributed by atoms with Gasteiger partial charge in [-0.05, 0) is 12.8 Å². The van der Waals surface area contributed by atoms with Crippen molar-refractivity contribution in [1.82, 2.24) is 0 Å². The van der Waals surface area contributed by atoms with Crippen LogP contribution in [0.3, 0.4) is 0 Å². The van der Waals surface area contributed by atoms with Crippen molar-refractivity contribution in [3.05, 3.63) is 36.5 Å². The molecule has 0 aromatic heterocycles. The summed E-state index contributed by atoms with van der Waals surface area (Å²) in [6.07, 6.45) is 4.01. The van der Waals surface area contributed by atoms with Gasteiger partial charge in [0.05, 0.1) is 0 Å². The quantitative estimate of drug-likeness (QED) is 0.522. The fourth-order valence-electron chi connectivity index (χ4n) is 0.442. The first kappa shape index (κ1) is 9.22. The van der Waals surface area contributed by atoms with E-state index in [9.17, 15) is 0 Å². The molecule has 0 aromatic rings. The second kappa shape index (κ2) is 4.10. The number of allylic oxidation sites excluding steroid dienone is 4. The zero-order chi connectivity index (χ0) is 8.15. The van der Waals surface area contributed by atoms with Gasteiger partial charge in [0.1, 0.15) is 0 Å². The smallest absolute Gasteiger partial charge is 0.0225 e. The summed E-state index contributed by atoms with van der Waals surface area (Å²) in [5.74, 6) is 0.538. The molecule has 0 heteroatoms. The van der Waals surface area contributed by atoms with Crippen molar-refractivity contribution in [2.75, 3.05) is 0 Å². The van der Waals surface area contributed by atoms with Crippen molar-refractivity contribution in [2.45, 2.75) is 20.8 Å². The minimum absolute atomic E-state index is 0.538. The normalized spacial score (nSPS) is 10.8. The fourth-order valence-corrected chi connectivity index (χ4v) is 0.442. The molecule has 0 fully saturated rings. The maximum atomic E-state index is 3.90. The van der Waals surface area contributed by atoms with Crippen LogP contribution in [-0.2, 0) is 0 Å². The highest BCUT2D eigenvalue weighted by Crippen LogP contribution is 2.08. The Hall–Kier alpha value is -0.780. The van der Waals surface area contributed by atoms with Crippen LogP contribution in [-0.4, -0.2) is 0 Å². The van der Waals surface area contributed by atoms with Gasteiger partial charge in [0, 0.05) is 0 Å². The molecule has 0 spiro atoms. The third-order valence-corrected chi connectivity index (χ3v) is 1.32. The second-order valence-electron chi connectivity index (χ2n) is 2.91. The van der Waals surface area contributed by atoms with Crippen LogP contribution in [0.2, 0.25) is 0 Å². The van der Waals surface area contributed by atoms with Gasteiger partial charge in [0.25, 0.3) is 0 Å². The zero-order valence-electron chi connectivity index (χ0n) is 7.15. The summed E-state index contributed by atoms with van der Waals surface area (Å²) in [7, 11) is 0.